The van der Waals surface area contributed by atoms with Crippen LogP contribution in [0.2, 0.25) is 0 Å². The van der Waals surface area contributed by atoms with E-state index in [2.05, 4.69) is 26.1 Å². The van der Waals surface area contributed by atoms with Gasteiger partial charge in [0.1, 0.15) is 0 Å². The van der Waals surface area contributed by atoms with E-state index in [1.54, 1.807) is 24.3 Å². The fraction of sp³-hybridized carbons (Fsp3) is 0.588. The van der Waals surface area contributed by atoms with E-state index < -0.39 is 9.84 Å². The first-order valence-corrected chi connectivity index (χ1v) is 9.31. The van der Waals surface area contributed by atoms with Gasteiger partial charge in [-0.3, -0.25) is 4.79 Å². The third kappa shape index (κ3) is 7.07. The summed E-state index contributed by atoms with van der Waals surface area (Å²) in [6, 6.07) is 6.71. The van der Waals surface area contributed by atoms with Crippen molar-refractivity contribution < 1.29 is 13.2 Å². The Balaban J connectivity index is 2.38. The number of amides is 1. The second-order valence-corrected chi connectivity index (χ2v) is 9.01. The highest BCUT2D eigenvalue weighted by Crippen LogP contribution is 2.19. The first-order valence-electron chi connectivity index (χ1n) is 7.66. The molecule has 4 nitrogen and oxygen atoms in total. The molecule has 0 fully saturated rings. The zero-order valence-electron chi connectivity index (χ0n) is 14.0. The highest BCUT2D eigenvalue weighted by Gasteiger charge is 2.16. The molecule has 0 aliphatic heterocycles. The molecule has 1 N–H and O–H groups in total. The topological polar surface area (TPSA) is 63.2 Å². The van der Waals surface area contributed by atoms with Gasteiger partial charge in [-0.1, -0.05) is 38.5 Å². The lowest BCUT2D eigenvalue weighted by Crippen LogP contribution is -2.27. The number of sulfone groups is 1. The van der Waals surface area contributed by atoms with Crippen LogP contribution >= 0.6 is 0 Å². The van der Waals surface area contributed by atoms with Gasteiger partial charge in [0.05, 0.1) is 10.6 Å². The maximum Gasteiger partial charge on any atom is 0.221 e. The van der Waals surface area contributed by atoms with Crippen LogP contribution in [-0.4, -0.2) is 26.6 Å². The number of carbonyl (C=O) groups is 1. The molecule has 1 aromatic carbocycles. The number of carbonyl (C=O) groups excluding carboxylic acids is 1. The number of rotatable bonds is 7. The number of aryl methyl sites for hydroxylation is 1. The van der Waals surface area contributed by atoms with E-state index in [4.69, 9.17) is 0 Å². The van der Waals surface area contributed by atoms with E-state index >= 15 is 0 Å². The normalized spacial score (nSPS) is 12.2. The monoisotopic (exact) mass is 325 g/mol. The summed E-state index contributed by atoms with van der Waals surface area (Å²) < 4.78 is 24.3. The molecule has 0 saturated heterocycles. The van der Waals surface area contributed by atoms with Crippen molar-refractivity contribution in [2.75, 3.05) is 12.3 Å². The Bertz CT molecular complexity index is 583. The molecular formula is C17H27NO3S. The summed E-state index contributed by atoms with van der Waals surface area (Å²) in [4.78, 5) is 12.0. The van der Waals surface area contributed by atoms with E-state index in [0.717, 1.165) is 18.4 Å². The molecule has 22 heavy (non-hydrogen) atoms. The Morgan fingerprint density at radius 1 is 1.14 bits per heavy atom. The molecule has 1 amide bonds. The summed E-state index contributed by atoms with van der Waals surface area (Å²) in [5, 5.41) is 2.79. The van der Waals surface area contributed by atoms with Gasteiger partial charge in [-0.05, 0) is 37.3 Å². The highest BCUT2D eigenvalue weighted by atomic mass is 32.2. The van der Waals surface area contributed by atoms with Crippen molar-refractivity contribution in [3.05, 3.63) is 29.8 Å². The molecule has 1 rings (SSSR count). The van der Waals surface area contributed by atoms with E-state index in [1.165, 1.54) is 0 Å². The Morgan fingerprint density at radius 2 is 1.73 bits per heavy atom. The van der Waals surface area contributed by atoms with Crippen molar-refractivity contribution in [1.82, 2.24) is 5.32 Å². The summed E-state index contributed by atoms with van der Waals surface area (Å²) >= 11 is 0. The van der Waals surface area contributed by atoms with E-state index in [-0.39, 0.29) is 28.4 Å². The molecule has 0 heterocycles. The molecule has 0 aromatic heterocycles. The molecule has 0 spiro atoms. The summed E-state index contributed by atoms with van der Waals surface area (Å²) in [7, 11) is -3.39. The predicted molar refractivity (Wildman–Crippen MR) is 89.5 cm³/mol. The predicted octanol–water partition coefficient (Wildman–Crippen LogP) is 3.10. The summed E-state index contributed by atoms with van der Waals surface area (Å²) in [5.41, 5.74) is 1.26. The average Bonchev–Trinajstić information content (AvgIpc) is 2.41. The van der Waals surface area contributed by atoms with Crippen LogP contribution in [0.5, 0.6) is 0 Å². The van der Waals surface area contributed by atoms with Crippen LogP contribution in [0, 0.1) is 12.3 Å². The molecule has 0 atom stereocenters. The summed E-state index contributed by atoms with van der Waals surface area (Å²) in [6.45, 7) is 8.97. The Labute approximate surface area is 134 Å². The van der Waals surface area contributed by atoms with Crippen LogP contribution < -0.4 is 5.32 Å². The zero-order chi connectivity index (χ0) is 16.8. The lowest BCUT2D eigenvalue weighted by molar-refractivity contribution is -0.120. The SMILES string of the molecule is Cc1ccc(S(=O)(=O)CCC(=O)NCCCC(C)(C)C)cc1. The van der Waals surface area contributed by atoms with Crippen molar-refractivity contribution in [3.63, 3.8) is 0 Å². The van der Waals surface area contributed by atoms with Crippen LogP contribution in [0.25, 0.3) is 0 Å². The molecule has 0 aliphatic carbocycles. The maximum absolute atomic E-state index is 12.1. The fourth-order valence-corrected chi connectivity index (χ4v) is 3.27. The molecular weight excluding hydrogens is 298 g/mol. The van der Waals surface area contributed by atoms with E-state index in [0.29, 0.717) is 6.54 Å². The van der Waals surface area contributed by atoms with Crippen molar-refractivity contribution in [1.29, 1.82) is 0 Å². The smallest absolute Gasteiger partial charge is 0.221 e. The van der Waals surface area contributed by atoms with Gasteiger partial charge in [-0.25, -0.2) is 8.42 Å². The fourth-order valence-electron chi connectivity index (χ4n) is 2.03. The molecule has 5 heteroatoms. The van der Waals surface area contributed by atoms with Gasteiger partial charge in [0, 0.05) is 13.0 Å². The Hall–Kier alpha value is -1.36. The molecule has 0 aliphatic rings. The highest BCUT2D eigenvalue weighted by molar-refractivity contribution is 7.91. The quantitative estimate of drug-likeness (QED) is 0.784. The standard InChI is InChI=1S/C17H27NO3S/c1-14-6-8-15(9-7-14)22(20,21)13-10-16(19)18-12-5-11-17(2,3)4/h6-9H,5,10-13H2,1-4H3,(H,18,19). The van der Waals surface area contributed by atoms with Crippen LogP contribution in [-0.2, 0) is 14.6 Å². The van der Waals surface area contributed by atoms with Gasteiger partial charge < -0.3 is 5.32 Å². The lowest BCUT2D eigenvalue weighted by Gasteiger charge is -2.17. The minimum Gasteiger partial charge on any atom is -0.356 e. The van der Waals surface area contributed by atoms with Crippen molar-refractivity contribution in [3.8, 4) is 0 Å². The second kappa shape index (κ2) is 7.77. The largest absolute Gasteiger partial charge is 0.356 e. The first-order chi connectivity index (χ1) is 10.1. The van der Waals surface area contributed by atoms with Crippen molar-refractivity contribution in [2.45, 2.75) is 51.9 Å². The number of hydrogen-bond acceptors (Lipinski definition) is 3. The molecule has 0 bridgehead atoms. The van der Waals surface area contributed by atoms with Crippen LogP contribution in [0.4, 0.5) is 0 Å². The maximum atomic E-state index is 12.1. The Kier molecular flexibility index (Phi) is 6.60. The van der Waals surface area contributed by atoms with Gasteiger partial charge >= 0.3 is 0 Å². The van der Waals surface area contributed by atoms with Crippen LogP contribution in [0.1, 0.15) is 45.6 Å². The van der Waals surface area contributed by atoms with Crippen LogP contribution in [0.3, 0.4) is 0 Å². The van der Waals surface area contributed by atoms with Crippen molar-refractivity contribution in [2.24, 2.45) is 5.41 Å². The van der Waals surface area contributed by atoms with Gasteiger partial charge in [-0.15, -0.1) is 0 Å². The number of benzene rings is 1. The molecule has 1 aromatic rings. The molecule has 0 unspecified atom stereocenters. The average molecular weight is 325 g/mol. The van der Waals surface area contributed by atoms with Gasteiger partial charge in [-0.2, -0.15) is 0 Å². The second-order valence-electron chi connectivity index (χ2n) is 6.90. The Morgan fingerprint density at radius 3 is 2.27 bits per heavy atom. The minimum absolute atomic E-state index is 0.00568. The van der Waals surface area contributed by atoms with Crippen LogP contribution in [0.15, 0.2) is 29.2 Å². The van der Waals surface area contributed by atoms with Gasteiger partial charge in [0.2, 0.25) is 5.91 Å². The first kappa shape index (κ1) is 18.7. The molecule has 124 valence electrons. The van der Waals surface area contributed by atoms with Crippen molar-refractivity contribution >= 4 is 15.7 Å². The number of hydrogen-bond donors (Lipinski definition) is 1. The third-order valence-corrected chi connectivity index (χ3v) is 5.14. The van der Waals surface area contributed by atoms with E-state index in [9.17, 15) is 13.2 Å². The van der Waals surface area contributed by atoms with E-state index in [1.807, 2.05) is 6.92 Å². The number of nitrogens with one attached hydrogen (secondary N) is 1. The zero-order valence-corrected chi connectivity index (χ0v) is 14.8. The summed E-state index contributed by atoms with van der Waals surface area (Å²) in [6.07, 6.45) is 1.93. The van der Waals surface area contributed by atoms with Gasteiger partial charge in [0.25, 0.3) is 0 Å². The van der Waals surface area contributed by atoms with Gasteiger partial charge in [0.15, 0.2) is 9.84 Å². The molecule has 0 saturated carbocycles. The summed E-state index contributed by atoms with van der Waals surface area (Å²) in [5.74, 6) is -0.356. The molecule has 0 radical (unpaired) electrons. The minimum atomic E-state index is -3.39. The lowest BCUT2D eigenvalue weighted by atomic mass is 9.91. The third-order valence-electron chi connectivity index (χ3n) is 3.40.